The molecule has 8 heteroatoms. The first-order valence-electron chi connectivity index (χ1n) is 7.44. The van der Waals surface area contributed by atoms with Crippen LogP contribution in [0, 0.1) is 0 Å². The second kappa shape index (κ2) is 7.59. The molecule has 0 unspecified atom stereocenters. The van der Waals surface area contributed by atoms with Crippen molar-refractivity contribution >= 4 is 17.5 Å². The van der Waals surface area contributed by atoms with Crippen LogP contribution in [0.25, 0.3) is 0 Å². The molecule has 2 aromatic rings. The van der Waals surface area contributed by atoms with Gasteiger partial charge in [0.25, 0.3) is 0 Å². The Hall–Kier alpha value is -2.61. The van der Waals surface area contributed by atoms with E-state index in [2.05, 4.69) is 25.8 Å². The standard InChI is InChI=1S/C15H19N5O3/c1-21-6-2-5-16-14-10-17-20-15(19-14)18-11-3-4-12-13(9-11)23-8-7-22-12/h3-4,9-10H,2,5-8H2,1H3,(H2,16,18,19,20). The fraction of sp³-hybridized carbons (Fsp3) is 0.400. The smallest absolute Gasteiger partial charge is 0.249 e. The maximum absolute atomic E-state index is 5.56. The highest BCUT2D eigenvalue weighted by Gasteiger charge is 2.12. The van der Waals surface area contributed by atoms with Gasteiger partial charge in [0.2, 0.25) is 5.95 Å². The van der Waals surface area contributed by atoms with Crippen molar-refractivity contribution in [3.05, 3.63) is 24.4 Å². The second-order valence-corrected chi connectivity index (χ2v) is 4.92. The van der Waals surface area contributed by atoms with Gasteiger partial charge in [-0.3, -0.25) is 0 Å². The summed E-state index contributed by atoms with van der Waals surface area (Å²) in [4.78, 5) is 4.37. The van der Waals surface area contributed by atoms with Crippen LogP contribution in [0.15, 0.2) is 24.4 Å². The first-order chi connectivity index (χ1) is 11.3. The molecule has 122 valence electrons. The van der Waals surface area contributed by atoms with Crippen LogP contribution in [-0.4, -0.2) is 48.7 Å². The first-order valence-corrected chi connectivity index (χ1v) is 7.44. The van der Waals surface area contributed by atoms with E-state index in [0.29, 0.717) is 37.3 Å². The van der Waals surface area contributed by atoms with Crippen molar-refractivity contribution in [1.82, 2.24) is 15.2 Å². The third-order valence-electron chi connectivity index (χ3n) is 3.19. The molecule has 2 N–H and O–H groups in total. The number of fused-ring (bicyclic) bond motifs is 1. The van der Waals surface area contributed by atoms with Gasteiger partial charge in [-0.15, -0.1) is 5.10 Å². The van der Waals surface area contributed by atoms with Gasteiger partial charge in [0.05, 0.1) is 6.20 Å². The molecule has 1 aliphatic rings. The normalized spacial score (nSPS) is 12.7. The Bertz CT molecular complexity index is 653. The molecule has 1 aromatic heterocycles. The van der Waals surface area contributed by atoms with Crippen LogP contribution < -0.4 is 20.1 Å². The van der Waals surface area contributed by atoms with E-state index in [9.17, 15) is 0 Å². The zero-order chi connectivity index (χ0) is 15.9. The second-order valence-electron chi connectivity index (χ2n) is 4.92. The Morgan fingerprint density at radius 3 is 2.96 bits per heavy atom. The van der Waals surface area contributed by atoms with Crippen molar-refractivity contribution in [3.63, 3.8) is 0 Å². The highest BCUT2D eigenvalue weighted by atomic mass is 16.6. The maximum Gasteiger partial charge on any atom is 0.249 e. The molecule has 0 radical (unpaired) electrons. The predicted octanol–water partition coefficient (Wildman–Crippen LogP) is 1.83. The summed E-state index contributed by atoms with van der Waals surface area (Å²) in [7, 11) is 1.68. The molecule has 2 heterocycles. The SMILES string of the molecule is COCCCNc1cnnc(Nc2ccc3c(c2)OCCO3)n1. The lowest BCUT2D eigenvalue weighted by Gasteiger charge is -2.18. The highest BCUT2D eigenvalue weighted by Crippen LogP contribution is 2.33. The van der Waals surface area contributed by atoms with Gasteiger partial charge in [0, 0.05) is 32.0 Å². The number of methoxy groups -OCH3 is 1. The van der Waals surface area contributed by atoms with E-state index in [1.807, 2.05) is 18.2 Å². The van der Waals surface area contributed by atoms with Gasteiger partial charge in [-0.1, -0.05) is 0 Å². The molecular weight excluding hydrogens is 298 g/mol. The summed E-state index contributed by atoms with van der Waals surface area (Å²) < 4.78 is 16.1. The number of nitrogens with one attached hydrogen (secondary N) is 2. The third-order valence-corrected chi connectivity index (χ3v) is 3.19. The zero-order valence-corrected chi connectivity index (χ0v) is 12.9. The van der Waals surface area contributed by atoms with Gasteiger partial charge in [-0.05, 0) is 18.6 Å². The zero-order valence-electron chi connectivity index (χ0n) is 12.9. The average Bonchev–Trinajstić information content (AvgIpc) is 2.59. The molecule has 3 rings (SSSR count). The number of rotatable bonds is 7. The highest BCUT2D eigenvalue weighted by molar-refractivity contribution is 5.60. The number of hydrogen-bond acceptors (Lipinski definition) is 8. The largest absolute Gasteiger partial charge is 0.486 e. The molecule has 0 bridgehead atoms. The maximum atomic E-state index is 5.56. The number of aromatic nitrogens is 3. The molecule has 23 heavy (non-hydrogen) atoms. The molecule has 1 aliphatic heterocycles. The van der Waals surface area contributed by atoms with Crippen LogP contribution in [-0.2, 0) is 4.74 Å². The minimum atomic E-state index is 0.415. The van der Waals surface area contributed by atoms with E-state index in [4.69, 9.17) is 14.2 Å². The molecule has 0 atom stereocenters. The van der Waals surface area contributed by atoms with Crippen LogP contribution in [0.5, 0.6) is 11.5 Å². The van der Waals surface area contributed by atoms with Crippen LogP contribution in [0.2, 0.25) is 0 Å². The summed E-state index contributed by atoms with van der Waals surface area (Å²) in [6, 6.07) is 5.60. The monoisotopic (exact) mass is 317 g/mol. The van der Waals surface area contributed by atoms with E-state index in [1.165, 1.54) is 0 Å². The van der Waals surface area contributed by atoms with Crippen molar-refractivity contribution in [2.24, 2.45) is 0 Å². The first kappa shape index (κ1) is 15.3. The lowest BCUT2D eigenvalue weighted by molar-refractivity contribution is 0.171. The molecule has 0 amide bonds. The lowest BCUT2D eigenvalue weighted by atomic mass is 10.2. The topological polar surface area (TPSA) is 90.4 Å². The fourth-order valence-electron chi connectivity index (χ4n) is 2.12. The van der Waals surface area contributed by atoms with E-state index in [1.54, 1.807) is 13.3 Å². The number of nitrogens with zero attached hydrogens (tertiary/aromatic N) is 3. The van der Waals surface area contributed by atoms with Gasteiger partial charge < -0.3 is 24.8 Å². The van der Waals surface area contributed by atoms with Gasteiger partial charge >= 0.3 is 0 Å². The van der Waals surface area contributed by atoms with Gasteiger partial charge in [0.1, 0.15) is 13.2 Å². The van der Waals surface area contributed by atoms with Crippen molar-refractivity contribution in [2.45, 2.75) is 6.42 Å². The summed E-state index contributed by atoms with van der Waals surface area (Å²) in [5.41, 5.74) is 0.813. The Balaban J connectivity index is 1.63. The fourth-order valence-corrected chi connectivity index (χ4v) is 2.12. The van der Waals surface area contributed by atoms with Crippen LogP contribution >= 0.6 is 0 Å². The summed E-state index contributed by atoms with van der Waals surface area (Å²) in [5.74, 6) is 2.53. The Morgan fingerprint density at radius 2 is 2.09 bits per heavy atom. The number of benzene rings is 1. The number of hydrogen-bond donors (Lipinski definition) is 2. The van der Waals surface area contributed by atoms with Gasteiger partial charge in [-0.25, -0.2) is 0 Å². The Morgan fingerprint density at radius 1 is 1.22 bits per heavy atom. The summed E-state index contributed by atoms with van der Waals surface area (Å²) >= 11 is 0. The molecule has 0 saturated heterocycles. The number of anilines is 3. The van der Waals surface area contributed by atoms with E-state index in [0.717, 1.165) is 24.4 Å². The summed E-state index contributed by atoms with van der Waals surface area (Å²) in [5, 5.41) is 14.2. The van der Waals surface area contributed by atoms with Gasteiger partial charge in [-0.2, -0.15) is 10.1 Å². The van der Waals surface area contributed by atoms with Crippen LogP contribution in [0.3, 0.4) is 0 Å². The van der Waals surface area contributed by atoms with E-state index in [-0.39, 0.29) is 0 Å². The third kappa shape index (κ3) is 4.19. The molecule has 0 aliphatic carbocycles. The van der Waals surface area contributed by atoms with Crippen molar-refractivity contribution in [3.8, 4) is 11.5 Å². The molecule has 0 saturated carbocycles. The predicted molar refractivity (Wildman–Crippen MR) is 85.5 cm³/mol. The molecule has 1 aromatic carbocycles. The van der Waals surface area contributed by atoms with Crippen molar-refractivity contribution in [2.75, 3.05) is 44.1 Å². The molecule has 8 nitrogen and oxygen atoms in total. The van der Waals surface area contributed by atoms with Crippen LogP contribution in [0.4, 0.5) is 17.5 Å². The van der Waals surface area contributed by atoms with E-state index >= 15 is 0 Å². The summed E-state index contributed by atoms with van der Waals surface area (Å²) in [6.45, 7) is 2.59. The van der Waals surface area contributed by atoms with Gasteiger partial charge in [0.15, 0.2) is 17.3 Å². The Kier molecular flexibility index (Phi) is 5.05. The minimum Gasteiger partial charge on any atom is -0.486 e. The molecular formula is C15H19N5O3. The van der Waals surface area contributed by atoms with Crippen LogP contribution in [0.1, 0.15) is 6.42 Å². The summed E-state index contributed by atoms with van der Waals surface area (Å²) in [6.07, 6.45) is 2.48. The molecule has 0 spiro atoms. The quantitative estimate of drug-likeness (QED) is 0.748. The minimum absolute atomic E-state index is 0.415. The number of ether oxygens (including phenoxy) is 3. The Labute approximate surface area is 134 Å². The van der Waals surface area contributed by atoms with Crippen molar-refractivity contribution < 1.29 is 14.2 Å². The van der Waals surface area contributed by atoms with E-state index < -0.39 is 0 Å². The van der Waals surface area contributed by atoms with Crippen molar-refractivity contribution in [1.29, 1.82) is 0 Å². The average molecular weight is 317 g/mol. The lowest BCUT2D eigenvalue weighted by Crippen LogP contribution is -2.15. The molecule has 0 fully saturated rings.